The third kappa shape index (κ3) is 4.66. The summed E-state index contributed by atoms with van der Waals surface area (Å²) in [5.41, 5.74) is 5.51. The van der Waals surface area contributed by atoms with Crippen LogP contribution in [0.15, 0.2) is 76.9 Å². The molecule has 2 aromatic carbocycles. The number of rotatable bonds is 6. The molecule has 1 aromatic heterocycles. The van der Waals surface area contributed by atoms with Gasteiger partial charge >= 0.3 is 0 Å². The van der Waals surface area contributed by atoms with Crippen LogP contribution < -0.4 is 10.1 Å². The summed E-state index contributed by atoms with van der Waals surface area (Å²) in [6.07, 6.45) is 3.10. The Morgan fingerprint density at radius 3 is 2.43 bits per heavy atom. The number of amides is 1. The molecule has 0 atom stereocenters. The van der Waals surface area contributed by atoms with Crippen molar-refractivity contribution in [3.63, 3.8) is 0 Å². The first-order chi connectivity index (χ1) is 13.3. The van der Waals surface area contributed by atoms with Gasteiger partial charge < -0.3 is 4.57 Å². The number of aryl methyl sites for hydroxylation is 2. The number of aromatic nitrogens is 1. The zero-order valence-electron chi connectivity index (χ0n) is 15.5. The van der Waals surface area contributed by atoms with Gasteiger partial charge in [-0.15, -0.1) is 0 Å². The van der Waals surface area contributed by atoms with E-state index in [9.17, 15) is 13.2 Å². The van der Waals surface area contributed by atoms with Gasteiger partial charge in [0.1, 0.15) is 0 Å². The van der Waals surface area contributed by atoms with E-state index in [1.807, 2.05) is 37.3 Å². The maximum absolute atomic E-state index is 12.4. The number of hydrazone groups is 1. The van der Waals surface area contributed by atoms with Crippen LogP contribution in [-0.4, -0.2) is 25.1 Å². The summed E-state index contributed by atoms with van der Waals surface area (Å²) in [5, 5.41) is 4.13. The van der Waals surface area contributed by atoms with Gasteiger partial charge in [-0.1, -0.05) is 35.9 Å². The molecule has 8 heteroatoms. The minimum absolute atomic E-state index is 0.0382. The van der Waals surface area contributed by atoms with E-state index in [-0.39, 0.29) is 10.5 Å². The molecular weight excluding hydrogens is 376 g/mol. The molecule has 0 saturated heterocycles. The smallest absolute Gasteiger partial charge is 0.266 e. The van der Waals surface area contributed by atoms with E-state index < -0.39 is 15.9 Å². The van der Waals surface area contributed by atoms with Crippen molar-refractivity contribution >= 4 is 27.8 Å². The Kier molecular flexibility index (Phi) is 5.60. The Morgan fingerprint density at radius 2 is 1.75 bits per heavy atom. The van der Waals surface area contributed by atoms with Gasteiger partial charge in [0.15, 0.2) is 0 Å². The highest BCUT2D eigenvalue weighted by Gasteiger charge is 2.19. The fourth-order valence-electron chi connectivity index (χ4n) is 2.48. The number of nitrogens with one attached hydrogen (secondary N) is 2. The summed E-state index contributed by atoms with van der Waals surface area (Å²) in [6, 6.07) is 17.3. The highest BCUT2D eigenvalue weighted by molar-refractivity contribution is 7.90. The molecule has 3 aromatic rings. The average Bonchev–Trinajstić information content (AvgIpc) is 3.04. The van der Waals surface area contributed by atoms with Crippen molar-refractivity contribution in [1.29, 1.82) is 0 Å². The number of carbonyl (C=O) groups excluding carboxylic acids is 1. The van der Waals surface area contributed by atoms with E-state index in [1.54, 1.807) is 42.2 Å². The predicted molar refractivity (Wildman–Crippen MR) is 109 cm³/mol. The number of sulfonamides is 1. The number of hydrogen-bond donors (Lipinski definition) is 2. The van der Waals surface area contributed by atoms with Crippen LogP contribution >= 0.6 is 0 Å². The van der Waals surface area contributed by atoms with E-state index in [2.05, 4.69) is 15.2 Å². The fourth-order valence-corrected chi connectivity index (χ4v) is 3.45. The van der Waals surface area contributed by atoms with Crippen molar-refractivity contribution in [3.05, 3.63) is 83.7 Å². The van der Waals surface area contributed by atoms with Gasteiger partial charge in [0.2, 0.25) is 0 Å². The van der Waals surface area contributed by atoms with E-state index in [4.69, 9.17) is 0 Å². The first-order valence-electron chi connectivity index (χ1n) is 8.49. The maximum Gasteiger partial charge on any atom is 0.266 e. The second kappa shape index (κ2) is 8.10. The first-order valence-corrected chi connectivity index (χ1v) is 9.98. The van der Waals surface area contributed by atoms with Gasteiger partial charge in [0.25, 0.3) is 15.9 Å². The molecular formula is C20H20N4O3S. The monoisotopic (exact) mass is 396 g/mol. The number of nitrogens with zero attached hydrogens (tertiary/aromatic N) is 2. The topological polar surface area (TPSA) is 92.6 Å². The molecule has 2 N–H and O–H groups in total. The second-order valence-electron chi connectivity index (χ2n) is 6.25. The van der Waals surface area contributed by atoms with Crippen LogP contribution in [0.4, 0.5) is 5.69 Å². The number of hydrogen-bond acceptors (Lipinski definition) is 5. The van der Waals surface area contributed by atoms with Crippen molar-refractivity contribution in [2.24, 2.45) is 12.1 Å². The van der Waals surface area contributed by atoms with Gasteiger partial charge in [-0.25, -0.2) is 13.1 Å². The molecule has 28 heavy (non-hydrogen) atoms. The molecule has 0 aliphatic heterocycles. The molecule has 144 valence electrons. The van der Waals surface area contributed by atoms with Gasteiger partial charge in [0, 0.05) is 13.2 Å². The van der Waals surface area contributed by atoms with Crippen LogP contribution in [0, 0.1) is 6.92 Å². The average molecular weight is 396 g/mol. The number of benzene rings is 2. The summed E-state index contributed by atoms with van der Waals surface area (Å²) in [4.78, 5) is 12.4. The first kappa shape index (κ1) is 19.4. The number of anilines is 1. The lowest BCUT2D eigenvalue weighted by molar-refractivity contribution is 0.0981. The summed E-state index contributed by atoms with van der Waals surface area (Å²) >= 11 is 0. The lowest BCUT2D eigenvalue weighted by Crippen LogP contribution is -2.30. The van der Waals surface area contributed by atoms with Gasteiger partial charge in [-0.05, 0) is 37.3 Å². The number of para-hydroxylation sites is 1. The standard InChI is InChI=1S/C20H20N4O3S/c1-15-8-10-19(11-9-15)28(26,27)23-20(25)16-12-18(24(2)14-16)13-21-22-17-6-4-3-5-7-17/h3-14,22H,1-2H3,(H,23,25). The van der Waals surface area contributed by atoms with Crippen molar-refractivity contribution in [2.75, 3.05) is 5.43 Å². The van der Waals surface area contributed by atoms with E-state index in [1.165, 1.54) is 12.1 Å². The molecule has 0 spiro atoms. The molecule has 7 nitrogen and oxygen atoms in total. The highest BCUT2D eigenvalue weighted by atomic mass is 32.2. The van der Waals surface area contributed by atoms with Crippen molar-refractivity contribution in [3.8, 4) is 0 Å². The Bertz CT molecular complexity index is 1100. The predicted octanol–water partition coefficient (Wildman–Crippen LogP) is 2.90. The largest absolute Gasteiger partial charge is 0.349 e. The maximum atomic E-state index is 12.4. The molecule has 1 heterocycles. The minimum Gasteiger partial charge on any atom is -0.349 e. The Labute approximate surface area is 163 Å². The molecule has 0 aliphatic carbocycles. The normalized spacial score (nSPS) is 11.5. The van der Waals surface area contributed by atoms with Crippen LogP contribution in [0.2, 0.25) is 0 Å². The lowest BCUT2D eigenvalue weighted by Gasteiger charge is -2.06. The van der Waals surface area contributed by atoms with Crippen molar-refractivity contribution < 1.29 is 13.2 Å². The van der Waals surface area contributed by atoms with Crippen LogP contribution in [0.3, 0.4) is 0 Å². The molecule has 0 fully saturated rings. The Balaban J connectivity index is 1.71. The van der Waals surface area contributed by atoms with Gasteiger partial charge in [-0.3, -0.25) is 10.2 Å². The van der Waals surface area contributed by atoms with E-state index in [0.717, 1.165) is 11.3 Å². The van der Waals surface area contributed by atoms with Gasteiger partial charge in [-0.2, -0.15) is 5.10 Å². The van der Waals surface area contributed by atoms with Crippen molar-refractivity contribution in [1.82, 2.24) is 9.29 Å². The quantitative estimate of drug-likeness (QED) is 0.495. The summed E-state index contributed by atoms with van der Waals surface area (Å²) in [5.74, 6) is -0.702. The van der Waals surface area contributed by atoms with Crippen LogP contribution in [-0.2, 0) is 17.1 Å². The SMILES string of the molecule is Cc1ccc(S(=O)(=O)NC(=O)c2cc(C=NNc3ccccc3)n(C)c2)cc1. The molecule has 0 aliphatic rings. The third-order valence-electron chi connectivity index (χ3n) is 4.03. The zero-order valence-corrected chi connectivity index (χ0v) is 16.3. The van der Waals surface area contributed by atoms with Crippen LogP contribution in [0.1, 0.15) is 21.6 Å². The minimum atomic E-state index is -3.94. The molecule has 3 rings (SSSR count). The fraction of sp³-hybridized carbons (Fsp3) is 0.100. The van der Waals surface area contributed by atoms with E-state index >= 15 is 0 Å². The highest BCUT2D eigenvalue weighted by Crippen LogP contribution is 2.12. The van der Waals surface area contributed by atoms with Crippen LogP contribution in [0.25, 0.3) is 0 Å². The summed E-state index contributed by atoms with van der Waals surface area (Å²) in [6.45, 7) is 1.86. The summed E-state index contributed by atoms with van der Waals surface area (Å²) in [7, 11) is -2.19. The molecule has 0 saturated carbocycles. The second-order valence-corrected chi connectivity index (χ2v) is 7.93. The summed E-state index contributed by atoms with van der Waals surface area (Å²) < 4.78 is 28.5. The molecule has 0 unspecified atom stereocenters. The lowest BCUT2D eigenvalue weighted by atomic mass is 10.2. The third-order valence-corrected chi connectivity index (χ3v) is 5.38. The van der Waals surface area contributed by atoms with Crippen molar-refractivity contribution in [2.45, 2.75) is 11.8 Å². The molecule has 0 radical (unpaired) electrons. The molecule has 0 bridgehead atoms. The zero-order chi connectivity index (χ0) is 20.1. The van der Waals surface area contributed by atoms with Gasteiger partial charge in [0.05, 0.1) is 28.1 Å². The van der Waals surface area contributed by atoms with Crippen LogP contribution in [0.5, 0.6) is 0 Å². The van der Waals surface area contributed by atoms with E-state index in [0.29, 0.717) is 5.69 Å². The molecule has 1 amide bonds. The Morgan fingerprint density at radius 1 is 1.07 bits per heavy atom. The number of carbonyl (C=O) groups is 1. The Hall–Kier alpha value is -3.39.